The highest BCUT2D eigenvalue weighted by Crippen LogP contribution is 2.24. The standard InChI is InChI=1S/C20H26N2O4S/c1-6-25-18(23)10-15-11-27-20(21-15)22-19(24)14(5)26-16-7-8-17(12(2)3)13(4)9-16/h7-9,11-12,14H,6,10H2,1-5H3,(H,21,22,24). The van der Waals surface area contributed by atoms with Gasteiger partial charge in [0.2, 0.25) is 0 Å². The molecule has 1 aromatic carbocycles. The smallest absolute Gasteiger partial charge is 0.311 e. The summed E-state index contributed by atoms with van der Waals surface area (Å²) in [5.41, 5.74) is 2.97. The van der Waals surface area contributed by atoms with Crippen molar-refractivity contribution in [3.8, 4) is 5.75 Å². The van der Waals surface area contributed by atoms with Crippen LogP contribution in [-0.4, -0.2) is 29.6 Å². The maximum atomic E-state index is 12.3. The maximum Gasteiger partial charge on any atom is 0.311 e. The summed E-state index contributed by atoms with van der Waals surface area (Å²) in [5.74, 6) is 0.463. The van der Waals surface area contributed by atoms with E-state index in [9.17, 15) is 9.59 Å². The number of carbonyl (C=O) groups excluding carboxylic acids is 2. The largest absolute Gasteiger partial charge is 0.481 e. The number of aromatic nitrogens is 1. The number of esters is 1. The third kappa shape index (κ3) is 6.06. The number of carbonyl (C=O) groups is 2. The Morgan fingerprint density at radius 2 is 2.00 bits per heavy atom. The van der Waals surface area contributed by atoms with Gasteiger partial charge in [0, 0.05) is 5.38 Å². The summed E-state index contributed by atoms with van der Waals surface area (Å²) >= 11 is 1.26. The molecular weight excluding hydrogens is 364 g/mol. The highest BCUT2D eigenvalue weighted by atomic mass is 32.1. The van der Waals surface area contributed by atoms with Crippen LogP contribution < -0.4 is 10.1 Å². The van der Waals surface area contributed by atoms with Crippen molar-refractivity contribution in [3.05, 3.63) is 40.4 Å². The van der Waals surface area contributed by atoms with E-state index < -0.39 is 6.10 Å². The van der Waals surface area contributed by atoms with Crippen molar-refractivity contribution in [2.24, 2.45) is 0 Å². The summed E-state index contributed by atoms with van der Waals surface area (Å²) < 4.78 is 10.6. The second kappa shape index (κ2) is 9.50. The van der Waals surface area contributed by atoms with E-state index in [4.69, 9.17) is 9.47 Å². The maximum absolute atomic E-state index is 12.3. The van der Waals surface area contributed by atoms with Gasteiger partial charge in [-0.3, -0.25) is 14.9 Å². The molecule has 2 rings (SSSR count). The van der Waals surface area contributed by atoms with Gasteiger partial charge < -0.3 is 9.47 Å². The van der Waals surface area contributed by atoms with Crippen LogP contribution in [0.2, 0.25) is 0 Å². The number of aryl methyl sites for hydroxylation is 1. The molecule has 0 bridgehead atoms. The first kappa shape index (κ1) is 20.9. The minimum Gasteiger partial charge on any atom is -0.481 e. The molecule has 1 N–H and O–H groups in total. The lowest BCUT2D eigenvalue weighted by Crippen LogP contribution is -2.30. The van der Waals surface area contributed by atoms with Crippen LogP contribution in [0.5, 0.6) is 5.75 Å². The summed E-state index contributed by atoms with van der Waals surface area (Å²) in [5, 5.41) is 4.88. The Morgan fingerprint density at radius 1 is 1.26 bits per heavy atom. The first-order valence-corrected chi connectivity index (χ1v) is 9.86. The van der Waals surface area contributed by atoms with Crippen LogP contribution in [-0.2, 0) is 20.7 Å². The molecule has 1 amide bonds. The van der Waals surface area contributed by atoms with E-state index in [2.05, 4.69) is 24.1 Å². The van der Waals surface area contributed by atoms with E-state index in [0.717, 1.165) is 5.56 Å². The second-order valence-electron chi connectivity index (χ2n) is 6.55. The lowest BCUT2D eigenvalue weighted by Gasteiger charge is -2.16. The summed E-state index contributed by atoms with van der Waals surface area (Å²) in [7, 11) is 0. The van der Waals surface area contributed by atoms with E-state index in [1.165, 1.54) is 16.9 Å². The van der Waals surface area contributed by atoms with Crippen molar-refractivity contribution in [1.82, 2.24) is 4.98 Å². The van der Waals surface area contributed by atoms with Gasteiger partial charge in [-0.25, -0.2) is 4.98 Å². The number of hydrogen-bond acceptors (Lipinski definition) is 6. The van der Waals surface area contributed by atoms with Gasteiger partial charge in [0.05, 0.1) is 18.7 Å². The van der Waals surface area contributed by atoms with Crippen molar-refractivity contribution < 1.29 is 19.1 Å². The minimum absolute atomic E-state index is 0.0910. The molecule has 0 aliphatic rings. The number of nitrogens with one attached hydrogen (secondary N) is 1. The Morgan fingerprint density at radius 3 is 2.63 bits per heavy atom. The minimum atomic E-state index is -0.674. The van der Waals surface area contributed by atoms with Crippen molar-refractivity contribution in [3.63, 3.8) is 0 Å². The molecule has 1 aromatic heterocycles. The summed E-state index contributed by atoms with van der Waals surface area (Å²) in [6, 6.07) is 5.86. The van der Waals surface area contributed by atoms with Crippen LogP contribution in [0.1, 0.15) is 50.4 Å². The third-order valence-corrected chi connectivity index (χ3v) is 4.76. The van der Waals surface area contributed by atoms with Crippen molar-refractivity contribution in [2.45, 2.75) is 53.1 Å². The van der Waals surface area contributed by atoms with Gasteiger partial charge in [-0.15, -0.1) is 11.3 Å². The number of nitrogens with zero attached hydrogens (tertiary/aromatic N) is 1. The third-order valence-electron chi connectivity index (χ3n) is 3.96. The first-order valence-electron chi connectivity index (χ1n) is 8.98. The Hall–Kier alpha value is -2.41. The monoisotopic (exact) mass is 390 g/mol. The number of benzene rings is 1. The number of anilines is 1. The molecule has 0 aliphatic carbocycles. The fourth-order valence-corrected chi connectivity index (χ4v) is 3.35. The summed E-state index contributed by atoms with van der Waals surface area (Å²) in [6.45, 7) is 10.1. The van der Waals surface area contributed by atoms with Gasteiger partial charge in [0.25, 0.3) is 5.91 Å². The molecule has 1 unspecified atom stereocenters. The van der Waals surface area contributed by atoms with Crippen LogP contribution in [0.4, 0.5) is 5.13 Å². The van der Waals surface area contributed by atoms with Crippen molar-refractivity contribution in [2.75, 3.05) is 11.9 Å². The number of thiazole rings is 1. The summed E-state index contributed by atoms with van der Waals surface area (Å²) in [4.78, 5) is 28.1. The highest BCUT2D eigenvalue weighted by molar-refractivity contribution is 7.13. The van der Waals surface area contributed by atoms with Crippen LogP contribution in [0.25, 0.3) is 0 Å². The molecule has 27 heavy (non-hydrogen) atoms. The van der Waals surface area contributed by atoms with Gasteiger partial charge in [-0.05, 0) is 49.9 Å². The molecule has 146 valence electrons. The van der Waals surface area contributed by atoms with Gasteiger partial charge in [-0.1, -0.05) is 19.9 Å². The molecule has 7 heteroatoms. The molecule has 0 radical (unpaired) electrons. The fraction of sp³-hybridized carbons (Fsp3) is 0.450. The zero-order chi connectivity index (χ0) is 20.0. The van der Waals surface area contributed by atoms with Gasteiger partial charge in [0.15, 0.2) is 11.2 Å². The first-order chi connectivity index (χ1) is 12.8. The normalized spacial score (nSPS) is 11.9. The molecule has 1 heterocycles. The lowest BCUT2D eigenvalue weighted by atomic mass is 9.98. The number of hydrogen-bond donors (Lipinski definition) is 1. The summed E-state index contributed by atoms with van der Waals surface area (Å²) in [6.07, 6.45) is -0.583. The number of ether oxygens (including phenoxy) is 2. The molecule has 6 nitrogen and oxygen atoms in total. The molecule has 1 atom stereocenters. The fourth-order valence-electron chi connectivity index (χ4n) is 2.64. The topological polar surface area (TPSA) is 77.5 Å². The van der Waals surface area contributed by atoms with Crippen LogP contribution in [0, 0.1) is 6.92 Å². The molecule has 2 aromatic rings. The zero-order valence-electron chi connectivity index (χ0n) is 16.4. The Bertz CT molecular complexity index is 801. The molecular formula is C20H26N2O4S. The Balaban J connectivity index is 1.93. The quantitative estimate of drug-likeness (QED) is 0.687. The van der Waals surface area contributed by atoms with Gasteiger partial charge in [0.1, 0.15) is 5.75 Å². The number of amides is 1. The Labute approximate surface area is 163 Å². The van der Waals surface area contributed by atoms with E-state index in [-0.39, 0.29) is 18.3 Å². The highest BCUT2D eigenvalue weighted by Gasteiger charge is 2.18. The van der Waals surface area contributed by atoms with Gasteiger partial charge >= 0.3 is 5.97 Å². The van der Waals surface area contributed by atoms with Gasteiger partial charge in [-0.2, -0.15) is 0 Å². The second-order valence-corrected chi connectivity index (χ2v) is 7.41. The zero-order valence-corrected chi connectivity index (χ0v) is 17.2. The van der Waals surface area contributed by atoms with E-state index >= 15 is 0 Å². The van der Waals surface area contributed by atoms with Crippen LogP contribution in [0.15, 0.2) is 23.6 Å². The van der Waals surface area contributed by atoms with Crippen molar-refractivity contribution >= 4 is 28.3 Å². The lowest BCUT2D eigenvalue weighted by molar-refractivity contribution is -0.142. The number of rotatable bonds is 8. The van der Waals surface area contributed by atoms with Crippen LogP contribution in [0.3, 0.4) is 0 Å². The average molecular weight is 391 g/mol. The van der Waals surface area contributed by atoms with Crippen molar-refractivity contribution in [1.29, 1.82) is 0 Å². The molecule has 0 fully saturated rings. The van der Waals surface area contributed by atoms with E-state index in [1.54, 1.807) is 19.2 Å². The molecule has 0 aliphatic heterocycles. The SMILES string of the molecule is CCOC(=O)Cc1csc(NC(=O)C(C)Oc2ccc(C(C)C)c(C)c2)n1. The van der Waals surface area contributed by atoms with E-state index in [1.807, 2.05) is 25.1 Å². The molecule has 0 saturated heterocycles. The predicted molar refractivity (Wildman–Crippen MR) is 106 cm³/mol. The molecule has 0 spiro atoms. The predicted octanol–water partition coefficient (Wildman–Crippen LogP) is 4.09. The Kier molecular flexibility index (Phi) is 7.36. The average Bonchev–Trinajstić information content (AvgIpc) is 3.01. The van der Waals surface area contributed by atoms with Crippen LogP contribution >= 0.6 is 11.3 Å². The molecule has 0 saturated carbocycles. The van der Waals surface area contributed by atoms with E-state index in [0.29, 0.717) is 29.1 Å².